The van der Waals surface area contributed by atoms with Crippen LogP contribution in [0.4, 0.5) is 10.3 Å². The number of pyridine rings is 1. The molecule has 0 amide bonds. The van der Waals surface area contributed by atoms with Gasteiger partial charge in [-0.05, 0) is 37.7 Å². The minimum atomic E-state index is -0.413. The highest BCUT2D eigenvalue weighted by molar-refractivity contribution is 5.85. The molecule has 0 bridgehead atoms. The number of nitrogens with zero attached hydrogens (tertiary/aromatic N) is 7. The molecule has 8 nitrogen and oxygen atoms in total. The number of phenols is 1. The molecule has 33 heavy (non-hydrogen) atoms. The maximum absolute atomic E-state index is 14.4. The number of anilines is 1. The number of aromatic nitrogens is 5. The van der Waals surface area contributed by atoms with E-state index < -0.39 is 5.82 Å². The molecule has 1 aliphatic rings. The van der Waals surface area contributed by atoms with Gasteiger partial charge >= 0.3 is 0 Å². The summed E-state index contributed by atoms with van der Waals surface area (Å²) in [5, 5.41) is 19.1. The van der Waals surface area contributed by atoms with Crippen molar-refractivity contribution < 1.29 is 9.50 Å². The summed E-state index contributed by atoms with van der Waals surface area (Å²) in [6.07, 6.45) is 5.17. The highest BCUT2D eigenvalue weighted by Crippen LogP contribution is 2.33. The average Bonchev–Trinajstić information content (AvgIpc) is 3.15. The third kappa shape index (κ3) is 4.85. The number of fused-ring (bicyclic) bond motifs is 1. The minimum Gasteiger partial charge on any atom is -0.507 e. The van der Waals surface area contributed by atoms with Crippen molar-refractivity contribution in [2.24, 2.45) is 0 Å². The molecule has 0 saturated carbocycles. The highest BCUT2D eigenvalue weighted by atomic mass is 35.5. The highest BCUT2D eigenvalue weighted by Gasteiger charge is 2.18. The van der Waals surface area contributed by atoms with Gasteiger partial charge in [0.2, 0.25) is 5.95 Å². The van der Waals surface area contributed by atoms with Crippen LogP contribution in [-0.4, -0.2) is 67.8 Å². The van der Waals surface area contributed by atoms with E-state index in [-0.39, 0.29) is 36.2 Å². The van der Waals surface area contributed by atoms with Gasteiger partial charge < -0.3 is 19.3 Å². The number of hydrogen-bond donors (Lipinski definition) is 1. The molecule has 1 fully saturated rings. The Morgan fingerprint density at radius 2 is 1.73 bits per heavy atom. The van der Waals surface area contributed by atoms with Crippen LogP contribution in [0.5, 0.6) is 5.75 Å². The maximum Gasteiger partial charge on any atom is 0.245 e. The topological polar surface area (TPSA) is 82.7 Å². The van der Waals surface area contributed by atoms with Gasteiger partial charge in [-0.15, -0.1) is 35.0 Å². The molecule has 4 heterocycles. The molecule has 4 aromatic rings. The molecule has 1 aliphatic heterocycles. The first-order valence-corrected chi connectivity index (χ1v) is 10.1. The van der Waals surface area contributed by atoms with E-state index in [1.807, 2.05) is 13.0 Å². The van der Waals surface area contributed by atoms with Crippen molar-refractivity contribution in [2.75, 3.05) is 38.1 Å². The van der Waals surface area contributed by atoms with Crippen LogP contribution in [0.25, 0.3) is 28.0 Å². The molecular formula is C22H24Cl2FN7O. The molecule has 0 unspecified atom stereocenters. The summed E-state index contributed by atoms with van der Waals surface area (Å²) in [5.41, 5.74) is 3.34. The van der Waals surface area contributed by atoms with Crippen molar-refractivity contribution in [1.29, 1.82) is 0 Å². The zero-order valence-electron chi connectivity index (χ0n) is 18.1. The van der Waals surface area contributed by atoms with Crippen LogP contribution in [0.2, 0.25) is 0 Å². The van der Waals surface area contributed by atoms with E-state index in [1.165, 1.54) is 6.07 Å². The van der Waals surface area contributed by atoms with Crippen molar-refractivity contribution >= 4 is 36.4 Å². The van der Waals surface area contributed by atoms with Crippen LogP contribution >= 0.6 is 24.8 Å². The second-order valence-corrected chi connectivity index (χ2v) is 7.86. The summed E-state index contributed by atoms with van der Waals surface area (Å²) in [5.74, 6) is 0.208. The quantitative estimate of drug-likeness (QED) is 0.468. The number of aromatic hydroxyl groups is 1. The molecule has 1 aromatic carbocycles. The van der Waals surface area contributed by atoms with Crippen LogP contribution < -0.4 is 4.90 Å². The van der Waals surface area contributed by atoms with E-state index in [2.05, 4.69) is 37.0 Å². The molecule has 0 spiro atoms. The van der Waals surface area contributed by atoms with Gasteiger partial charge in [-0.1, -0.05) is 6.07 Å². The number of benzene rings is 1. The molecule has 11 heteroatoms. The molecule has 1 N–H and O–H groups in total. The summed E-state index contributed by atoms with van der Waals surface area (Å²) in [6, 6.07) is 6.57. The van der Waals surface area contributed by atoms with Crippen molar-refractivity contribution in [3.05, 3.63) is 54.4 Å². The Bertz CT molecular complexity index is 1260. The second kappa shape index (κ2) is 9.86. The van der Waals surface area contributed by atoms with E-state index in [1.54, 1.807) is 35.1 Å². The molecule has 0 radical (unpaired) electrons. The van der Waals surface area contributed by atoms with E-state index in [0.717, 1.165) is 31.9 Å². The number of halogens is 3. The fourth-order valence-electron chi connectivity index (χ4n) is 3.81. The van der Waals surface area contributed by atoms with E-state index in [0.29, 0.717) is 28.3 Å². The number of aryl methyl sites for hydroxylation is 1. The maximum atomic E-state index is 14.4. The van der Waals surface area contributed by atoms with Crippen molar-refractivity contribution in [3.63, 3.8) is 0 Å². The van der Waals surface area contributed by atoms with Crippen molar-refractivity contribution in [2.45, 2.75) is 6.92 Å². The normalized spacial score (nSPS) is 14.1. The van der Waals surface area contributed by atoms with E-state index >= 15 is 0 Å². The Hall–Kier alpha value is -3.01. The smallest absolute Gasteiger partial charge is 0.245 e. The van der Waals surface area contributed by atoms with Crippen LogP contribution in [0, 0.1) is 12.7 Å². The number of imidazole rings is 1. The Kier molecular flexibility index (Phi) is 7.36. The van der Waals surface area contributed by atoms with Gasteiger partial charge in [0.1, 0.15) is 11.4 Å². The standard InChI is InChI=1S/C22H22FN7O.2ClH/c1-14-12-30-13-16(9-18(23)21(30)25-14)15-3-4-17(20(31)10-15)19-11-24-22(27-26-19)29-7-5-28(2)6-8-29;;/h3-4,9-13,31H,5-8H2,1-2H3;2*1H. The lowest BCUT2D eigenvalue weighted by Gasteiger charge is -2.31. The van der Waals surface area contributed by atoms with Gasteiger partial charge in [0.25, 0.3) is 0 Å². The predicted octanol–water partition coefficient (Wildman–Crippen LogP) is 3.60. The monoisotopic (exact) mass is 491 g/mol. The Balaban J connectivity index is 0.00000153. The first-order chi connectivity index (χ1) is 15.0. The zero-order valence-corrected chi connectivity index (χ0v) is 19.8. The van der Waals surface area contributed by atoms with Crippen molar-refractivity contribution in [3.8, 4) is 28.1 Å². The lowest BCUT2D eigenvalue weighted by Crippen LogP contribution is -2.45. The van der Waals surface area contributed by atoms with Crippen LogP contribution in [0.1, 0.15) is 5.69 Å². The first-order valence-electron chi connectivity index (χ1n) is 10.1. The third-order valence-corrected chi connectivity index (χ3v) is 5.57. The largest absolute Gasteiger partial charge is 0.507 e. The SMILES string of the molecule is Cc1cn2cc(-c3ccc(-c4cnc(N5CCN(C)CC5)nn4)c(O)c3)cc(F)c2n1.Cl.Cl. The summed E-state index contributed by atoms with van der Waals surface area (Å²) in [6.45, 7) is 5.44. The molecule has 0 aliphatic carbocycles. The third-order valence-electron chi connectivity index (χ3n) is 5.57. The van der Waals surface area contributed by atoms with Crippen molar-refractivity contribution in [1.82, 2.24) is 29.5 Å². The molecule has 0 atom stereocenters. The number of hydrogen-bond acceptors (Lipinski definition) is 7. The minimum absolute atomic E-state index is 0. The van der Waals surface area contributed by atoms with Gasteiger partial charge in [-0.25, -0.2) is 14.4 Å². The van der Waals surface area contributed by atoms with Gasteiger partial charge in [0, 0.05) is 49.7 Å². The average molecular weight is 492 g/mol. The summed E-state index contributed by atoms with van der Waals surface area (Å²) < 4.78 is 16.1. The Morgan fingerprint density at radius 3 is 2.39 bits per heavy atom. The second-order valence-electron chi connectivity index (χ2n) is 7.86. The van der Waals surface area contributed by atoms with Crippen LogP contribution in [-0.2, 0) is 0 Å². The summed E-state index contributed by atoms with van der Waals surface area (Å²) in [4.78, 5) is 13.0. The lowest BCUT2D eigenvalue weighted by molar-refractivity contribution is 0.311. The first kappa shape index (κ1) is 24.6. The van der Waals surface area contributed by atoms with Gasteiger partial charge in [-0.3, -0.25) is 0 Å². The predicted molar refractivity (Wildman–Crippen MR) is 130 cm³/mol. The summed E-state index contributed by atoms with van der Waals surface area (Å²) in [7, 11) is 2.09. The molecule has 174 valence electrons. The number of piperazine rings is 1. The fraction of sp³-hybridized carbons (Fsp3) is 0.273. The van der Waals surface area contributed by atoms with Gasteiger partial charge in [0.05, 0.1) is 11.9 Å². The molecular weight excluding hydrogens is 468 g/mol. The fourth-order valence-corrected chi connectivity index (χ4v) is 3.81. The number of rotatable bonds is 3. The van der Waals surface area contributed by atoms with E-state index in [9.17, 15) is 9.50 Å². The van der Waals surface area contributed by atoms with Crippen LogP contribution in [0.3, 0.4) is 0 Å². The number of likely N-dealkylation sites (N-methyl/N-ethyl adjacent to an activating group) is 1. The van der Waals surface area contributed by atoms with Gasteiger partial charge in [0.15, 0.2) is 11.5 Å². The van der Waals surface area contributed by atoms with Gasteiger partial charge in [-0.2, -0.15) is 0 Å². The molecule has 5 rings (SSSR count). The van der Waals surface area contributed by atoms with Crippen LogP contribution in [0.15, 0.2) is 42.9 Å². The Labute approximate surface area is 202 Å². The number of phenolic OH excluding ortho intramolecular Hbond substituents is 1. The molecule has 3 aromatic heterocycles. The lowest BCUT2D eigenvalue weighted by atomic mass is 10.0. The Morgan fingerprint density at radius 1 is 0.970 bits per heavy atom. The molecule has 1 saturated heterocycles. The zero-order chi connectivity index (χ0) is 21.5. The van der Waals surface area contributed by atoms with E-state index in [4.69, 9.17) is 0 Å². The summed E-state index contributed by atoms with van der Waals surface area (Å²) >= 11 is 0.